The van der Waals surface area contributed by atoms with E-state index in [1.54, 1.807) is 44.2 Å². The van der Waals surface area contributed by atoms with Gasteiger partial charge in [-0.1, -0.05) is 24.6 Å². The van der Waals surface area contributed by atoms with Crippen LogP contribution >= 0.6 is 0 Å². The highest BCUT2D eigenvalue weighted by Crippen LogP contribution is 2.26. The van der Waals surface area contributed by atoms with Crippen LogP contribution < -0.4 is 10.6 Å². The van der Waals surface area contributed by atoms with E-state index < -0.39 is 21.8 Å². The van der Waals surface area contributed by atoms with Crippen molar-refractivity contribution < 1.29 is 18.0 Å². The maximum absolute atomic E-state index is 12.9. The van der Waals surface area contributed by atoms with Crippen LogP contribution in [0.5, 0.6) is 0 Å². The molecule has 1 aliphatic rings. The fourth-order valence-corrected chi connectivity index (χ4v) is 4.81. The SMILES string of the molecule is CC(C)NC(=O)C(=O)NCCC1CCCCN1S(=O)(=O)c1ccccc1. The molecule has 1 fully saturated rings. The number of nitrogens with one attached hydrogen (secondary N) is 2. The summed E-state index contributed by atoms with van der Waals surface area (Å²) in [4.78, 5) is 23.7. The van der Waals surface area contributed by atoms with Crippen molar-refractivity contribution in [3.8, 4) is 0 Å². The summed E-state index contributed by atoms with van der Waals surface area (Å²) in [5.74, 6) is -1.36. The zero-order chi connectivity index (χ0) is 19.2. The van der Waals surface area contributed by atoms with E-state index in [2.05, 4.69) is 10.6 Å². The number of piperidine rings is 1. The molecule has 1 aromatic carbocycles. The Morgan fingerprint density at radius 2 is 1.85 bits per heavy atom. The summed E-state index contributed by atoms with van der Waals surface area (Å²) in [5, 5.41) is 5.10. The normalized spacial score (nSPS) is 18.5. The highest BCUT2D eigenvalue weighted by atomic mass is 32.2. The maximum atomic E-state index is 12.9. The van der Waals surface area contributed by atoms with Crippen LogP contribution in [0.1, 0.15) is 39.5 Å². The van der Waals surface area contributed by atoms with Gasteiger partial charge in [-0.3, -0.25) is 9.59 Å². The Hall–Kier alpha value is -1.93. The standard InChI is InChI=1S/C18H27N3O4S/c1-14(2)20-18(23)17(22)19-12-11-15-8-6-7-13-21(15)26(24,25)16-9-4-3-5-10-16/h3-5,9-10,14-15H,6-8,11-13H2,1-2H3,(H,19,22)(H,20,23). The molecule has 0 aliphatic carbocycles. The summed E-state index contributed by atoms with van der Waals surface area (Å²) in [6, 6.07) is 8.10. The van der Waals surface area contributed by atoms with Gasteiger partial charge in [-0.05, 0) is 45.2 Å². The third-order valence-electron chi connectivity index (χ3n) is 4.31. The molecular weight excluding hydrogens is 354 g/mol. The van der Waals surface area contributed by atoms with E-state index in [1.165, 1.54) is 4.31 Å². The smallest absolute Gasteiger partial charge is 0.309 e. The molecule has 26 heavy (non-hydrogen) atoms. The topological polar surface area (TPSA) is 95.6 Å². The second-order valence-electron chi connectivity index (χ2n) is 6.75. The average Bonchev–Trinajstić information content (AvgIpc) is 2.62. The first kappa shape index (κ1) is 20.4. The Kier molecular flexibility index (Phi) is 7.16. The van der Waals surface area contributed by atoms with Gasteiger partial charge in [-0.2, -0.15) is 4.31 Å². The number of carbonyl (C=O) groups is 2. The van der Waals surface area contributed by atoms with Gasteiger partial charge < -0.3 is 10.6 Å². The third kappa shape index (κ3) is 5.28. The van der Waals surface area contributed by atoms with E-state index in [0.717, 1.165) is 19.3 Å². The lowest BCUT2D eigenvalue weighted by molar-refractivity contribution is -0.139. The summed E-state index contributed by atoms with van der Waals surface area (Å²) in [7, 11) is -3.55. The molecule has 7 nitrogen and oxygen atoms in total. The van der Waals surface area contributed by atoms with Crippen LogP contribution in [-0.2, 0) is 19.6 Å². The van der Waals surface area contributed by atoms with Gasteiger partial charge in [0.25, 0.3) is 0 Å². The largest absolute Gasteiger partial charge is 0.348 e. The highest BCUT2D eigenvalue weighted by molar-refractivity contribution is 7.89. The van der Waals surface area contributed by atoms with Crippen LogP contribution in [-0.4, -0.2) is 49.7 Å². The van der Waals surface area contributed by atoms with E-state index in [-0.39, 0.29) is 23.5 Å². The van der Waals surface area contributed by atoms with Gasteiger partial charge in [0.1, 0.15) is 0 Å². The molecule has 0 bridgehead atoms. The minimum absolute atomic E-state index is 0.113. The molecule has 1 heterocycles. The molecule has 1 aromatic rings. The van der Waals surface area contributed by atoms with Crippen molar-refractivity contribution in [2.75, 3.05) is 13.1 Å². The maximum Gasteiger partial charge on any atom is 0.309 e. The summed E-state index contributed by atoms with van der Waals surface area (Å²) in [6.45, 7) is 4.29. The molecule has 0 radical (unpaired) electrons. The minimum atomic E-state index is -3.55. The Bertz CT molecular complexity index is 719. The Balaban J connectivity index is 1.97. The molecule has 1 saturated heterocycles. The van der Waals surface area contributed by atoms with Crippen molar-refractivity contribution in [2.45, 2.75) is 56.5 Å². The monoisotopic (exact) mass is 381 g/mol. The van der Waals surface area contributed by atoms with Crippen molar-refractivity contribution in [3.05, 3.63) is 30.3 Å². The molecule has 144 valence electrons. The van der Waals surface area contributed by atoms with Crippen LogP contribution in [0.3, 0.4) is 0 Å². The van der Waals surface area contributed by atoms with Crippen molar-refractivity contribution in [1.82, 2.24) is 14.9 Å². The van der Waals surface area contributed by atoms with Gasteiger partial charge in [0.2, 0.25) is 10.0 Å². The lowest BCUT2D eigenvalue weighted by Gasteiger charge is -2.34. The lowest BCUT2D eigenvalue weighted by Crippen LogP contribution is -2.47. The van der Waals surface area contributed by atoms with Gasteiger partial charge in [-0.25, -0.2) is 8.42 Å². The van der Waals surface area contributed by atoms with Gasteiger partial charge in [0.05, 0.1) is 4.90 Å². The first-order valence-corrected chi connectivity index (χ1v) is 10.4. The molecule has 2 amide bonds. The average molecular weight is 381 g/mol. The first-order valence-electron chi connectivity index (χ1n) is 8.98. The first-order chi connectivity index (χ1) is 12.3. The fraction of sp³-hybridized carbons (Fsp3) is 0.556. The van der Waals surface area contributed by atoms with Crippen molar-refractivity contribution in [3.63, 3.8) is 0 Å². The molecule has 0 saturated carbocycles. The summed E-state index contributed by atoms with van der Waals surface area (Å²) >= 11 is 0. The summed E-state index contributed by atoms with van der Waals surface area (Å²) < 4.78 is 27.3. The predicted molar refractivity (Wildman–Crippen MR) is 98.9 cm³/mol. The fourth-order valence-electron chi connectivity index (χ4n) is 3.07. The Labute approximate surface area is 155 Å². The van der Waals surface area contributed by atoms with Crippen molar-refractivity contribution in [1.29, 1.82) is 0 Å². The molecule has 1 aliphatic heterocycles. The number of benzene rings is 1. The Morgan fingerprint density at radius 1 is 1.15 bits per heavy atom. The Morgan fingerprint density at radius 3 is 2.50 bits per heavy atom. The number of sulfonamides is 1. The van der Waals surface area contributed by atoms with Gasteiger partial charge in [0.15, 0.2) is 0 Å². The number of hydrogen-bond acceptors (Lipinski definition) is 4. The second kappa shape index (κ2) is 9.14. The number of nitrogens with zero attached hydrogens (tertiary/aromatic N) is 1. The molecule has 2 rings (SSSR count). The zero-order valence-corrected chi connectivity index (χ0v) is 16.1. The molecule has 0 spiro atoms. The van der Waals surface area contributed by atoms with E-state index in [4.69, 9.17) is 0 Å². The van der Waals surface area contributed by atoms with E-state index >= 15 is 0 Å². The zero-order valence-electron chi connectivity index (χ0n) is 15.3. The van der Waals surface area contributed by atoms with Crippen LogP contribution in [0.2, 0.25) is 0 Å². The molecule has 8 heteroatoms. The van der Waals surface area contributed by atoms with Gasteiger partial charge >= 0.3 is 11.8 Å². The lowest BCUT2D eigenvalue weighted by atomic mass is 10.0. The van der Waals surface area contributed by atoms with Crippen molar-refractivity contribution in [2.24, 2.45) is 0 Å². The second-order valence-corrected chi connectivity index (χ2v) is 8.64. The number of amides is 2. The summed E-state index contributed by atoms with van der Waals surface area (Å²) in [5.41, 5.74) is 0. The number of carbonyl (C=O) groups excluding carboxylic acids is 2. The van der Waals surface area contributed by atoms with Crippen LogP contribution in [0.25, 0.3) is 0 Å². The molecule has 0 aromatic heterocycles. The molecular formula is C18H27N3O4S. The van der Waals surface area contributed by atoms with Crippen LogP contribution in [0.15, 0.2) is 35.2 Å². The predicted octanol–water partition coefficient (Wildman–Crippen LogP) is 1.26. The molecule has 1 unspecified atom stereocenters. The number of rotatable bonds is 6. The third-order valence-corrected chi connectivity index (χ3v) is 6.28. The van der Waals surface area contributed by atoms with E-state index in [9.17, 15) is 18.0 Å². The molecule has 1 atom stereocenters. The molecule has 2 N–H and O–H groups in total. The van der Waals surface area contributed by atoms with Crippen molar-refractivity contribution >= 4 is 21.8 Å². The highest BCUT2D eigenvalue weighted by Gasteiger charge is 2.33. The van der Waals surface area contributed by atoms with E-state index in [1.807, 2.05) is 0 Å². The van der Waals surface area contributed by atoms with Gasteiger partial charge in [0, 0.05) is 25.2 Å². The van der Waals surface area contributed by atoms with Crippen LogP contribution in [0, 0.1) is 0 Å². The van der Waals surface area contributed by atoms with Gasteiger partial charge in [-0.15, -0.1) is 0 Å². The van der Waals surface area contributed by atoms with E-state index in [0.29, 0.717) is 13.0 Å². The van der Waals surface area contributed by atoms with Crippen LogP contribution in [0.4, 0.5) is 0 Å². The quantitative estimate of drug-likeness (QED) is 0.725. The number of hydrogen-bond donors (Lipinski definition) is 2. The summed E-state index contributed by atoms with van der Waals surface area (Å²) in [6.07, 6.45) is 3.01. The minimum Gasteiger partial charge on any atom is -0.348 e.